The molecule has 1 fully saturated rings. The highest BCUT2D eigenvalue weighted by Gasteiger charge is 2.17. The predicted octanol–water partition coefficient (Wildman–Crippen LogP) is 4.15. The van der Waals surface area contributed by atoms with Gasteiger partial charge in [-0.1, -0.05) is 23.7 Å². The molecule has 1 aliphatic rings. The molecule has 0 saturated carbocycles. The predicted molar refractivity (Wildman–Crippen MR) is 125 cm³/mol. The van der Waals surface area contributed by atoms with Crippen LogP contribution in [0.2, 0.25) is 5.02 Å². The van der Waals surface area contributed by atoms with Crippen molar-refractivity contribution < 1.29 is 0 Å². The first-order valence-electron chi connectivity index (χ1n) is 10.9. The molecule has 5 rings (SSSR count). The van der Waals surface area contributed by atoms with Crippen molar-refractivity contribution >= 4 is 22.5 Å². The molecule has 4 aromatic rings. The zero-order valence-corrected chi connectivity index (χ0v) is 18.3. The number of aryl methyl sites for hydroxylation is 1. The first-order valence-corrected chi connectivity index (χ1v) is 11.3. The van der Waals surface area contributed by atoms with Crippen LogP contribution in [0.1, 0.15) is 17.5 Å². The molecule has 31 heavy (non-hydrogen) atoms. The Bertz CT molecular complexity index is 1110. The molecule has 6 nitrogen and oxygen atoms in total. The van der Waals surface area contributed by atoms with Gasteiger partial charge >= 0.3 is 0 Å². The number of hydrogen-bond acceptors (Lipinski definition) is 4. The van der Waals surface area contributed by atoms with Crippen molar-refractivity contribution in [2.24, 2.45) is 0 Å². The average molecular weight is 435 g/mol. The lowest BCUT2D eigenvalue weighted by atomic mass is 10.1. The summed E-state index contributed by atoms with van der Waals surface area (Å²) in [6.45, 7) is 6.68. The summed E-state index contributed by atoms with van der Waals surface area (Å²) in [6, 6.07) is 14.7. The summed E-state index contributed by atoms with van der Waals surface area (Å²) >= 11 is 5.99. The van der Waals surface area contributed by atoms with E-state index in [-0.39, 0.29) is 0 Å². The van der Waals surface area contributed by atoms with Gasteiger partial charge in [0.1, 0.15) is 12.7 Å². The molecule has 0 atom stereocenters. The van der Waals surface area contributed by atoms with E-state index in [1.54, 1.807) is 12.7 Å². The third-order valence-electron chi connectivity index (χ3n) is 6.17. The van der Waals surface area contributed by atoms with Gasteiger partial charge in [-0.15, -0.1) is 10.2 Å². The van der Waals surface area contributed by atoms with Gasteiger partial charge in [0.25, 0.3) is 0 Å². The highest BCUT2D eigenvalue weighted by Crippen LogP contribution is 2.23. The van der Waals surface area contributed by atoms with Crippen LogP contribution in [-0.2, 0) is 13.0 Å². The van der Waals surface area contributed by atoms with E-state index in [2.05, 4.69) is 61.5 Å². The molecule has 160 valence electrons. The number of piperazine rings is 1. The van der Waals surface area contributed by atoms with Crippen LogP contribution in [0, 0.1) is 0 Å². The lowest BCUT2D eigenvalue weighted by Gasteiger charge is -2.34. The van der Waals surface area contributed by atoms with E-state index < -0.39 is 0 Å². The van der Waals surface area contributed by atoms with E-state index in [0.717, 1.165) is 56.4 Å². The highest BCUT2D eigenvalue weighted by atomic mass is 35.5. The number of nitrogens with one attached hydrogen (secondary N) is 1. The normalized spacial score (nSPS) is 15.6. The Morgan fingerprint density at radius 3 is 2.42 bits per heavy atom. The third-order valence-corrected chi connectivity index (χ3v) is 6.42. The zero-order chi connectivity index (χ0) is 21.0. The van der Waals surface area contributed by atoms with Gasteiger partial charge in [-0.25, -0.2) is 0 Å². The third kappa shape index (κ3) is 4.82. The van der Waals surface area contributed by atoms with Crippen molar-refractivity contribution in [2.75, 3.05) is 32.7 Å². The minimum Gasteiger partial charge on any atom is -0.361 e. The van der Waals surface area contributed by atoms with Crippen LogP contribution in [0.3, 0.4) is 0 Å². The molecular formula is C24H27ClN6. The molecule has 0 amide bonds. The Labute approximate surface area is 187 Å². The van der Waals surface area contributed by atoms with E-state index in [4.69, 9.17) is 11.6 Å². The van der Waals surface area contributed by atoms with Gasteiger partial charge in [0.2, 0.25) is 0 Å². The van der Waals surface area contributed by atoms with Crippen molar-refractivity contribution in [1.29, 1.82) is 0 Å². The minimum absolute atomic E-state index is 0.804. The Hall–Kier alpha value is -2.67. The Balaban J connectivity index is 1.12. The fraction of sp³-hybridized carbons (Fsp3) is 0.333. The highest BCUT2D eigenvalue weighted by molar-refractivity contribution is 6.30. The molecule has 0 bridgehead atoms. The fourth-order valence-electron chi connectivity index (χ4n) is 4.38. The van der Waals surface area contributed by atoms with E-state index in [9.17, 15) is 0 Å². The van der Waals surface area contributed by atoms with Gasteiger partial charge < -0.3 is 9.88 Å². The lowest BCUT2D eigenvalue weighted by molar-refractivity contribution is 0.126. The lowest BCUT2D eigenvalue weighted by Crippen LogP contribution is -2.46. The van der Waals surface area contributed by atoms with Gasteiger partial charge in [-0.2, -0.15) is 0 Å². The van der Waals surface area contributed by atoms with Crippen LogP contribution in [0.4, 0.5) is 0 Å². The van der Waals surface area contributed by atoms with Crippen molar-refractivity contribution in [3.8, 4) is 5.69 Å². The SMILES string of the molecule is Clc1ccc(CN2CCN(CCCc3c[nH]c4ccc(-n5cnnc5)cc34)CC2)cc1. The van der Waals surface area contributed by atoms with Crippen molar-refractivity contribution in [3.63, 3.8) is 0 Å². The second-order valence-corrected chi connectivity index (χ2v) is 8.70. The Morgan fingerprint density at radius 1 is 0.903 bits per heavy atom. The topological polar surface area (TPSA) is 53.0 Å². The van der Waals surface area contributed by atoms with Crippen molar-refractivity contribution in [3.05, 3.63) is 77.5 Å². The molecule has 1 aliphatic heterocycles. The van der Waals surface area contributed by atoms with Gasteiger partial charge in [-0.05, 0) is 60.8 Å². The number of fused-ring (bicyclic) bond motifs is 1. The van der Waals surface area contributed by atoms with Crippen LogP contribution in [-0.4, -0.2) is 62.3 Å². The van der Waals surface area contributed by atoms with Crippen LogP contribution in [0.15, 0.2) is 61.3 Å². The summed E-state index contributed by atoms with van der Waals surface area (Å²) in [5.74, 6) is 0. The standard InChI is InChI=1S/C24H27ClN6/c25-21-5-3-19(4-6-21)16-30-12-10-29(11-13-30)9-1-2-20-15-26-24-8-7-22(14-23(20)24)31-17-27-28-18-31/h3-8,14-15,17-18,26H,1-2,9-13,16H2. The summed E-state index contributed by atoms with van der Waals surface area (Å²) in [5, 5.41) is 9.92. The molecule has 0 spiro atoms. The number of H-pyrrole nitrogens is 1. The maximum Gasteiger partial charge on any atom is 0.123 e. The number of benzene rings is 2. The van der Waals surface area contributed by atoms with E-state index in [1.807, 2.05) is 16.7 Å². The van der Waals surface area contributed by atoms with Crippen LogP contribution in [0.25, 0.3) is 16.6 Å². The maximum absolute atomic E-state index is 5.99. The van der Waals surface area contributed by atoms with E-state index in [1.165, 1.54) is 28.5 Å². The number of nitrogens with zero attached hydrogens (tertiary/aromatic N) is 5. The van der Waals surface area contributed by atoms with Gasteiger partial charge in [0, 0.05) is 60.5 Å². The molecule has 1 N–H and O–H groups in total. The number of aromatic nitrogens is 4. The van der Waals surface area contributed by atoms with Gasteiger partial charge in [0.15, 0.2) is 0 Å². The number of rotatable bonds is 7. The van der Waals surface area contributed by atoms with Crippen LogP contribution >= 0.6 is 11.6 Å². The monoisotopic (exact) mass is 434 g/mol. The molecular weight excluding hydrogens is 408 g/mol. The second-order valence-electron chi connectivity index (χ2n) is 8.26. The molecule has 3 heterocycles. The van der Waals surface area contributed by atoms with Crippen molar-refractivity contribution in [2.45, 2.75) is 19.4 Å². The quantitative estimate of drug-likeness (QED) is 0.474. The largest absolute Gasteiger partial charge is 0.361 e. The number of aromatic amines is 1. The summed E-state index contributed by atoms with van der Waals surface area (Å²) in [4.78, 5) is 8.54. The van der Waals surface area contributed by atoms with Crippen molar-refractivity contribution in [1.82, 2.24) is 29.5 Å². The number of halogens is 1. The smallest absolute Gasteiger partial charge is 0.123 e. The molecule has 0 aliphatic carbocycles. The molecule has 1 saturated heterocycles. The van der Waals surface area contributed by atoms with E-state index >= 15 is 0 Å². The zero-order valence-electron chi connectivity index (χ0n) is 17.5. The first-order chi connectivity index (χ1) is 15.2. The second kappa shape index (κ2) is 9.22. The maximum atomic E-state index is 5.99. The van der Waals surface area contributed by atoms with Crippen LogP contribution < -0.4 is 0 Å². The minimum atomic E-state index is 0.804. The van der Waals surface area contributed by atoms with Gasteiger partial charge in [-0.3, -0.25) is 9.47 Å². The average Bonchev–Trinajstić information content (AvgIpc) is 3.47. The van der Waals surface area contributed by atoms with E-state index in [0.29, 0.717) is 0 Å². The Kier molecular flexibility index (Phi) is 6.02. The Morgan fingerprint density at radius 2 is 1.65 bits per heavy atom. The first kappa shape index (κ1) is 20.2. The molecule has 2 aromatic heterocycles. The molecule has 2 aromatic carbocycles. The number of hydrogen-bond donors (Lipinski definition) is 1. The molecule has 0 unspecified atom stereocenters. The summed E-state index contributed by atoms with van der Waals surface area (Å²) in [7, 11) is 0. The molecule has 7 heteroatoms. The fourth-order valence-corrected chi connectivity index (χ4v) is 4.51. The van der Waals surface area contributed by atoms with Gasteiger partial charge in [0.05, 0.1) is 0 Å². The summed E-state index contributed by atoms with van der Waals surface area (Å²) in [5.41, 5.74) is 4.99. The summed E-state index contributed by atoms with van der Waals surface area (Å²) in [6.07, 6.45) is 7.88. The molecule has 0 radical (unpaired) electrons. The summed E-state index contributed by atoms with van der Waals surface area (Å²) < 4.78 is 1.94. The van der Waals surface area contributed by atoms with Crippen LogP contribution in [0.5, 0.6) is 0 Å².